The van der Waals surface area contributed by atoms with Crippen LogP contribution >= 0.6 is 11.3 Å². The van der Waals surface area contributed by atoms with E-state index in [1.54, 1.807) is 40.2 Å². The van der Waals surface area contributed by atoms with Crippen LogP contribution in [0.5, 0.6) is 0 Å². The zero-order valence-corrected chi connectivity index (χ0v) is 19.8. The highest BCUT2D eigenvalue weighted by atomic mass is 32.2. The number of amides is 2. The van der Waals surface area contributed by atoms with E-state index < -0.39 is 16.1 Å². The highest BCUT2D eigenvalue weighted by molar-refractivity contribution is 7.89. The molecule has 32 heavy (non-hydrogen) atoms. The van der Waals surface area contributed by atoms with Crippen molar-refractivity contribution in [2.45, 2.75) is 50.6 Å². The third-order valence-corrected chi connectivity index (χ3v) is 8.50. The Morgan fingerprint density at radius 3 is 2.75 bits per heavy atom. The van der Waals surface area contributed by atoms with Gasteiger partial charge < -0.3 is 15.5 Å². The minimum Gasteiger partial charge on any atom is -0.336 e. The molecule has 1 atom stereocenters. The summed E-state index contributed by atoms with van der Waals surface area (Å²) in [7, 11) is -4.04. The number of thiazole rings is 1. The summed E-state index contributed by atoms with van der Waals surface area (Å²) in [6.07, 6.45) is 1.84. The molecule has 4 rings (SSSR count). The summed E-state index contributed by atoms with van der Waals surface area (Å²) in [6, 6.07) is 3.76. The zero-order chi connectivity index (χ0) is 23.0. The first-order valence-corrected chi connectivity index (χ1v) is 12.9. The largest absolute Gasteiger partial charge is 0.336 e. The van der Waals surface area contributed by atoms with E-state index in [0.717, 1.165) is 22.0 Å². The molecule has 2 aliphatic rings. The van der Waals surface area contributed by atoms with Crippen molar-refractivity contribution in [2.75, 3.05) is 24.5 Å². The van der Waals surface area contributed by atoms with Crippen LogP contribution in [-0.4, -0.2) is 55.8 Å². The lowest BCUT2D eigenvalue weighted by Gasteiger charge is -2.30. The van der Waals surface area contributed by atoms with E-state index in [-0.39, 0.29) is 23.3 Å². The van der Waals surface area contributed by atoms with Crippen LogP contribution in [0.2, 0.25) is 0 Å². The van der Waals surface area contributed by atoms with Gasteiger partial charge in [-0.1, -0.05) is 6.07 Å². The smallest absolute Gasteiger partial charge is 0.242 e. The van der Waals surface area contributed by atoms with Crippen LogP contribution in [0.1, 0.15) is 34.0 Å². The van der Waals surface area contributed by atoms with Crippen LogP contribution in [0, 0.1) is 13.8 Å². The summed E-state index contributed by atoms with van der Waals surface area (Å²) in [6.45, 7) is 4.88. The summed E-state index contributed by atoms with van der Waals surface area (Å²) in [5.74, 6) is -0.371. The lowest BCUT2D eigenvalue weighted by molar-refractivity contribution is -0.133. The Morgan fingerprint density at radius 2 is 2.06 bits per heavy atom. The summed E-state index contributed by atoms with van der Waals surface area (Å²) >= 11 is 1.55. The van der Waals surface area contributed by atoms with Gasteiger partial charge in [0.05, 0.1) is 22.1 Å². The molecule has 1 aromatic carbocycles. The maximum absolute atomic E-state index is 13.2. The average Bonchev–Trinajstić information content (AvgIpc) is 3.35. The number of hydrogen-bond acceptors (Lipinski definition) is 7. The van der Waals surface area contributed by atoms with E-state index in [4.69, 9.17) is 5.73 Å². The number of sulfonamides is 1. The SMILES string of the molecule is Cc1nc2c(s1)CN(C(=O)[C@H](CN)NS(=O)(=O)c1cccc(N3CCCC3=O)c1C)CC2. The van der Waals surface area contributed by atoms with Crippen molar-refractivity contribution >= 4 is 38.9 Å². The number of rotatable bonds is 6. The predicted molar refractivity (Wildman–Crippen MR) is 122 cm³/mol. The van der Waals surface area contributed by atoms with Crippen molar-refractivity contribution in [2.24, 2.45) is 5.73 Å². The van der Waals surface area contributed by atoms with Crippen molar-refractivity contribution in [3.63, 3.8) is 0 Å². The second-order valence-corrected chi connectivity index (χ2v) is 11.0. The summed E-state index contributed by atoms with van der Waals surface area (Å²) < 4.78 is 28.9. The molecule has 9 nitrogen and oxygen atoms in total. The summed E-state index contributed by atoms with van der Waals surface area (Å²) in [5, 5.41) is 0.951. The molecule has 0 spiro atoms. The second-order valence-electron chi connectivity index (χ2n) is 8.07. The second kappa shape index (κ2) is 8.89. The van der Waals surface area contributed by atoms with Gasteiger partial charge in [-0.25, -0.2) is 13.4 Å². The Balaban J connectivity index is 1.54. The number of fused-ring (bicyclic) bond motifs is 1. The molecule has 0 unspecified atom stereocenters. The van der Waals surface area contributed by atoms with Gasteiger partial charge in [-0.05, 0) is 38.0 Å². The van der Waals surface area contributed by atoms with Crippen LogP contribution in [0.15, 0.2) is 23.1 Å². The third kappa shape index (κ3) is 4.29. The fourth-order valence-corrected chi connectivity index (χ4v) is 6.73. The molecule has 1 fully saturated rings. The number of nitrogens with two attached hydrogens (primary N) is 1. The van der Waals surface area contributed by atoms with E-state index in [9.17, 15) is 18.0 Å². The molecule has 172 valence electrons. The molecule has 2 aliphatic heterocycles. The van der Waals surface area contributed by atoms with Crippen LogP contribution < -0.4 is 15.4 Å². The number of carbonyl (C=O) groups excluding carboxylic acids is 2. The summed E-state index contributed by atoms with van der Waals surface area (Å²) in [4.78, 5) is 34.1. The van der Waals surface area contributed by atoms with Crippen molar-refractivity contribution in [1.29, 1.82) is 0 Å². The fourth-order valence-electron chi connectivity index (χ4n) is 4.27. The lowest BCUT2D eigenvalue weighted by Crippen LogP contribution is -2.53. The minimum absolute atomic E-state index is 0.0200. The highest BCUT2D eigenvalue weighted by Crippen LogP contribution is 2.30. The molecule has 0 bridgehead atoms. The van der Waals surface area contributed by atoms with Gasteiger partial charge in [-0.2, -0.15) is 4.72 Å². The number of benzene rings is 1. The Hall–Kier alpha value is -2.34. The third-order valence-electron chi connectivity index (χ3n) is 5.89. The number of nitrogens with one attached hydrogen (secondary N) is 1. The van der Waals surface area contributed by atoms with Crippen molar-refractivity contribution < 1.29 is 18.0 Å². The standard InChI is InChI=1S/C21H27N5O4S2/c1-13-17(26-9-4-7-20(26)27)5-3-6-19(13)32(29,30)24-16(11-22)21(28)25-10-8-15-18(12-25)31-14(2)23-15/h3,5-6,16,24H,4,7-12,22H2,1-2H3/t16-/m0/s1. The van der Waals surface area contributed by atoms with Crippen LogP contribution in [-0.2, 0) is 32.6 Å². The molecular formula is C21H27N5O4S2. The molecule has 2 amide bonds. The number of aromatic nitrogens is 1. The quantitative estimate of drug-likeness (QED) is 0.641. The van der Waals surface area contributed by atoms with Crippen molar-refractivity contribution in [1.82, 2.24) is 14.6 Å². The topological polar surface area (TPSA) is 126 Å². The number of anilines is 1. The number of nitrogens with zero attached hydrogens (tertiary/aromatic N) is 3. The van der Waals surface area contributed by atoms with E-state index in [2.05, 4.69) is 9.71 Å². The fraction of sp³-hybridized carbons (Fsp3) is 0.476. The van der Waals surface area contributed by atoms with E-state index in [1.807, 2.05) is 6.92 Å². The van der Waals surface area contributed by atoms with Gasteiger partial charge in [0.1, 0.15) is 6.04 Å². The first kappa shape index (κ1) is 22.8. The van der Waals surface area contributed by atoms with Crippen LogP contribution in [0.4, 0.5) is 5.69 Å². The minimum atomic E-state index is -4.04. The number of hydrogen-bond donors (Lipinski definition) is 2. The van der Waals surface area contributed by atoms with Gasteiger partial charge in [0, 0.05) is 43.0 Å². The van der Waals surface area contributed by atoms with Gasteiger partial charge in [-0.3, -0.25) is 9.59 Å². The molecule has 1 saturated heterocycles. The Bertz CT molecular complexity index is 1160. The average molecular weight is 478 g/mol. The Morgan fingerprint density at radius 1 is 1.28 bits per heavy atom. The van der Waals surface area contributed by atoms with E-state index in [0.29, 0.717) is 43.7 Å². The molecule has 1 aromatic heterocycles. The normalized spacial score (nSPS) is 17.5. The molecular weight excluding hydrogens is 450 g/mol. The maximum Gasteiger partial charge on any atom is 0.242 e. The zero-order valence-electron chi connectivity index (χ0n) is 18.1. The number of carbonyl (C=O) groups is 2. The molecule has 3 heterocycles. The molecule has 11 heteroatoms. The first-order valence-electron chi connectivity index (χ1n) is 10.6. The first-order chi connectivity index (χ1) is 15.2. The lowest BCUT2D eigenvalue weighted by atomic mass is 10.1. The van der Waals surface area contributed by atoms with E-state index in [1.165, 1.54) is 6.07 Å². The molecule has 3 N–H and O–H groups in total. The van der Waals surface area contributed by atoms with Crippen LogP contribution in [0.3, 0.4) is 0 Å². The highest BCUT2D eigenvalue weighted by Gasteiger charge is 2.33. The molecule has 0 aliphatic carbocycles. The molecule has 0 radical (unpaired) electrons. The van der Waals surface area contributed by atoms with Crippen molar-refractivity contribution in [3.05, 3.63) is 39.3 Å². The monoisotopic (exact) mass is 477 g/mol. The maximum atomic E-state index is 13.2. The number of aryl methyl sites for hydroxylation is 1. The van der Waals surface area contributed by atoms with Crippen LogP contribution in [0.25, 0.3) is 0 Å². The predicted octanol–water partition coefficient (Wildman–Crippen LogP) is 1.08. The van der Waals surface area contributed by atoms with Gasteiger partial charge in [0.15, 0.2) is 0 Å². The van der Waals surface area contributed by atoms with Gasteiger partial charge >= 0.3 is 0 Å². The molecule has 2 aromatic rings. The van der Waals surface area contributed by atoms with Crippen molar-refractivity contribution in [3.8, 4) is 0 Å². The van der Waals surface area contributed by atoms with E-state index >= 15 is 0 Å². The Kier molecular flexibility index (Phi) is 6.35. The van der Waals surface area contributed by atoms with Gasteiger partial charge in [0.2, 0.25) is 21.8 Å². The summed E-state index contributed by atoms with van der Waals surface area (Å²) in [5.41, 5.74) is 7.87. The van der Waals surface area contributed by atoms with Gasteiger partial charge in [0.25, 0.3) is 0 Å². The Labute approximate surface area is 191 Å². The molecule has 0 saturated carbocycles. The van der Waals surface area contributed by atoms with Gasteiger partial charge in [-0.15, -0.1) is 11.3 Å².